The minimum absolute atomic E-state index is 0.135. The lowest BCUT2D eigenvalue weighted by Crippen LogP contribution is -2.49. The molecule has 1 fully saturated rings. The molecule has 6 heteroatoms. The van der Waals surface area contributed by atoms with Gasteiger partial charge in [0, 0.05) is 26.2 Å². The first kappa shape index (κ1) is 12.2. The highest BCUT2D eigenvalue weighted by molar-refractivity contribution is 5.84. The Morgan fingerprint density at radius 1 is 1.73 bits per heavy atom. The summed E-state index contributed by atoms with van der Waals surface area (Å²) in [5.41, 5.74) is 5.48. The maximum absolute atomic E-state index is 8.53. The first-order valence-corrected chi connectivity index (χ1v) is 5.17. The van der Waals surface area contributed by atoms with Gasteiger partial charge < -0.3 is 20.4 Å². The second-order valence-electron chi connectivity index (χ2n) is 3.38. The van der Waals surface area contributed by atoms with Gasteiger partial charge in [0.15, 0.2) is 5.84 Å². The van der Waals surface area contributed by atoms with Crippen LogP contribution in [0.25, 0.3) is 0 Å². The lowest BCUT2D eigenvalue weighted by molar-refractivity contribution is -0.00601. The van der Waals surface area contributed by atoms with Crippen molar-refractivity contribution >= 4 is 5.84 Å². The van der Waals surface area contributed by atoms with Crippen molar-refractivity contribution in [1.29, 1.82) is 0 Å². The van der Waals surface area contributed by atoms with E-state index in [1.165, 1.54) is 0 Å². The molecule has 1 unspecified atom stereocenters. The molecular weight excluding hydrogens is 198 g/mol. The first-order valence-electron chi connectivity index (χ1n) is 5.17. The van der Waals surface area contributed by atoms with Gasteiger partial charge in [-0.15, -0.1) is 0 Å². The SMILES string of the molecule is CCOCCN1CCOC(C(N)=NO)C1. The van der Waals surface area contributed by atoms with Crippen molar-refractivity contribution in [2.45, 2.75) is 13.0 Å². The van der Waals surface area contributed by atoms with E-state index in [9.17, 15) is 0 Å². The Morgan fingerprint density at radius 2 is 2.53 bits per heavy atom. The molecule has 0 aromatic heterocycles. The molecule has 1 aliphatic rings. The van der Waals surface area contributed by atoms with E-state index in [2.05, 4.69) is 10.1 Å². The number of nitrogens with two attached hydrogens (primary N) is 1. The molecule has 0 saturated carbocycles. The van der Waals surface area contributed by atoms with E-state index in [0.29, 0.717) is 19.8 Å². The van der Waals surface area contributed by atoms with Crippen LogP contribution in [0.2, 0.25) is 0 Å². The molecule has 0 aromatic rings. The van der Waals surface area contributed by atoms with E-state index in [0.717, 1.165) is 19.7 Å². The Kier molecular flexibility index (Phi) is 5.38. The van der Waals surface area contributed by atoms with E-state index in [4.69, 9.17) is 20.4 Å². The van der Waals surface area contributed by atoms with Crippen molar-refractivity contribution in [1.82, 2.24) is 4.90 Å². The predicted octanol–water partition coefficient (Wildman–Crippen LogP) is -0.530. The van der Waals surface area contributed by atoms with Crippen molar-refractivity contribution in [2.75, 3.05) is 39.5 Å². The predicted molar refractivity (Wildman–Crippen MR) is 56.1 cm³/mol. The lowest BCUT2D eigenvalue weighted by atomic mass is 10.2. The highest BCUT2D eigenvalue weighted by Gasteiger charge is 2.23. The summed E-state index contributed by atoms with van der Waals surface area (Å²) < 4.78 is 10.6. The third-order valence-electron chi connectivity index (χ3n) is 2.35. The van der Waals surface area contributed by atoms with Crippen molar-refractivity contribution in [3.63, 3.8) is 0 Å². The van der Waals surface area contributed by atoms with Gasteiger partial charge in [0.2, 0.25) is 0 Å². The summed E-state index contributed by atoms with van der Waals surface area (Å²) in [5, 5.41) is 11.5. The Labute approximate surface area is 89.6 Å². The summed E-state index contributed by atoms with van der Waals surface area (Å²) in [5.74, 6) is 0.135. The smallest absolute Gasteiger partial charge is 0.169 e. The van der Waals surface area contributed by atoms with E-state index in [1.807, 2.05) is 6.92 Å². The van der Waals surface area contributed by atoms with Crippen LogP contribution in [0.4, 0.5) is 0 Å². The highest BCUT2D eigenvalue weighted by atomic mass is 16.5. The fourth-order valence-electron chi connectivity index (χ4n) is 1.49. The van der Waals surface area contributed by atoms with Gasteiger partial charge in [0.05, 0.1) is 13.2 Å². The third kappa shape index (κ3) is 4.03. The number of amidine groups is 1. The van der Waals surface area contributed by atoms with Crippen LogP contribution in [0.5, 0.6) is 0 Å². The van der Waals surface area contributed by atoms with Crippen molar-refractivity contribution in [3.8, 4) is 0 Å². The van der Waals surface area contributed by atoms with Gasteiger partial charge in [-0.25, -0.2) is 0 Å². The molecule has 0 aromatic carbocycles. The Balaban J connectivity index is 2.29. The number of ether oxygens (including phenoxy) is 2. The van der Waals surface area contributed by atoms with Crippen molar-refractivity contribution < 1.29 is 14.7 Å². The molecule has 6 nitrogen and oxygen atoms in total. The van der Waals surface area contributed by atoms with Crippen LogP contribution < -0.4 is 5.73 Å². The first-order chi connectivity index (χ1) is 7.27. The van der Waals surface area contributed by atoms with Gasteiger partial charge >= 0.3 is 0 Å². The normalized spacial score (nSPS) is 24.3. The molecule has 0 bridgehead atoms. The van der Waals surface area contributed by atoms with Crippen LogP contribution in [0.3, 0.4) is 0 Å². The number of hydrogen-bond donors (Lipinski definition) is 2. The Hall–Kier alpha value is -0.850. The summed E-state index contributed by atoms with van der Waals surface area (Å²) in [6.45, 7) is 6.39. The standard InChI is InChI=1S/C9H19N3O3/c1-2-14-5-3-12-4-6-15-8(7-12)9(10)11-13/h8,13H,2-7H2,1H3,(H2,10,11). The van der Waals surface area contributed by atoms with Crippen LogP contribution in [0, 0.1) is 0 Å². The van der Waals surface area contributed by atoms with E-state index < -0.39 is 0 Å². The molecule has 0 radical (unpaired) electrons. The van der Waals surface area contributed by atoms with Gasteiger partial charge in [-0.2, -0.15) is 0 Å². The van der Waals surface area contributed by atoms with E-state index >= 15 is 0 Å². The fraction of sp³-hybridized carbons (Fsp3) is 0.889. The molecule has 1 heterocycles. The summed E-state index contributed by atoms with van der Waals surface area (Å²) in [4.78, 5) is 2.18. The Bertz CT molecular complexity index is 211. The van der Waals surface area contributed by atoms with Gasteiger partial charge in [-0.3, -0.25) is 4.90 Å². The Morgan fingerprint density at radius 3 is 3.20 bits per heavy atom. The molecule has 0 spiro atoms. The number of rotatable bonds is 5. The van der Waals surface area contributed by atoms with Gasteiger partial charge in [0.25, 0.3) is 0 Å². The van der Waals surface area contributed by atoms with Crippen LogP contribution in [0.1, 0.15) is 6.92 Å². The molecule has 15 heavy (non-hydrogen) atoms. The minimum Gasteiger partial charge on any atom is -0.409 e. The second-order valence-corrected chi connectivity index (χ2v) is 3.38. The van der Waals surface area contributed by atoms with Crippen LogP contribution in [-0.2, 0) is 9.47 Å². The molecule has 0 aliphatic carbocycles. The van der Waals surface area contributed by atoms with Crippen molar-refractivity contribution in [2.24, 2.45) is 10.9 Å². The maximum Gasteiger partial charge on any atom is 0.169 e. The third-order valence-corrected chi connectivity index (χ3v) is 2.35. The monoisotopic (exact) mass is 217 g/mol. The molecule has 3 N–H and O–H groups in total. The molecule has 1 atom stereocenters. The average Bonchev–Trinajstić information content (AvgIpc) is 2.29. The van der Waals surface area contributed by atoms with Crippen molar-refractivity contribution in [3.05, 3.63) is 0 Å². The minimum atomic E-state index is -0.301. The molecule has 1 rings (SSSR count). The van der Waals surface area contributed by atoms with Gasteiger partial charge in [-0.05, 0) is 6.92 Å². The summed E-state index contributed by atoms with van der Waals surface area (Å²) in [7, 11) is 0. The van der Waals surface area contributed by atoms with E-state index in [-0.39, 0.29) is 11.9 Å². The van der Waals surface area contributed by atoms with Gasteiger partial charge in [-0.1, -0.05) is 5.16 Å². The van der Waals surface area contributed by atoms with Gasteiger partial charge in [0.1, 0.15) is 6.10 Å². The topological polar surface area (TPSA) is 80.3 Å². The van der Waals surface area contributed by atoms with Crippen LogP contribution in [0.15, 0.2) is 5.16 Å². The van der Waals surface area contributed by atoms with E-state index in [1.54, 1.807) is 0 Å². The summed E-state index contributed by atoms with van der Waals surface area (Å²) in [6.07, 6.45) is -0.301. The number of oxime groups is 1. The molecule has 88 valence electrons. The zero-order valence-corrected chi connectivity index (χ0v) is 9.06. The quantitative estimate of drug-likeness (QED) is 0.213. The molecule has 0 amide bonds. The molecule has 1 saturated heterocycles. The second kappa shape index (κ2) is 6.60. The average molecular weight is 217 g/mol. The summed E-state index contributed by atoms with van der Waals surface area (Å²) in [6, 6.07) is 0. The maximum atomic E-state index is 8.53. The fourth-order valence-corrected chi connectivity index (χ4v) is 1.49. The number of nitrogens with zero attached hydrogens (tertiary/aromatic N) is 2. The zero-order valence-electron chi connectivity index (χ0n) is 9.06. The number of hydrogen-bond acceptors (Lipinski definition) is 5. The largest absolute Gasteiger partial charge is 0.409 e. The molecule has 1 aliphatic heterocycles. The summed E-state index contributed by atoms with van der Waals surface area (Å²) >= 11 is 0. The number of morpholine rings is 1. The lowest BCUT2D eigenvalue weighted by Gasteiger charge is -2.31. The molecular formula is C9H19N3O3. The highest BCUT2D eigenvalue weighted by Crippen LogP contribution is 2.04. The van der Waals surface area contributed by atoms with Crippen LogP contribution >= 0.6 is 0 Å². The van der Waals surface area contributed by atoms with Crippen LogP contribution in [-0.4, -0.2) is 61.5 Å². The zero-order chi connectivity index (χ0) is 11.1.